The van der Waals surface area contributed by atoms with Crippen molar-refractivity contribution in [1.29, 1.82) is 0 Å². The van der Waals surface area contributed by atoms with E-state index in [0.29, 0.717) is 11.3 Å². The first-order valence-corrected chi connectivity index (χ1v) is 5.76. The van der Waals surface area contributed by atoms with Gasteiger partial charge in [0.25, 0.3) is 0 Å². The summed E-state index contributed by atoms with van der Waals surface area (Å²) >= 11 is 0. The molecule has 0 fully saturated rings. The molecular weight excluding hydrogens is 262 g/mol. The zero-order chi connectivity index (χ0) is 14.5. The Morgan fingerprint density at radius 2 is 2.20 bits per heavy atom. The Hall–Kier alpha value is -2.83. The maximum atomic E-state index is 11.5. The van der Waals surface area contributed by atoms with Gasteiger partial charge in [-0.2, -0.15) is 0 Å². The van der Waals surface area contributed by atoms with Crippen molar-refractivity contribution in [2.45, 2.75) is 6.61 Å². The van der Waals surface area contributed by atoms with Crippen LogP contribution in [0.1, 0.15) is 11.3 Å². The standard InChI is InChI=1S/C13H13N3O4/c1-16-7-10(14-15-16)8-20-13(19)5-3-9-2-4-11(17)12(18)6-9/h2-7,17-18H,8H2,1H3/b5-3+. The van der Waals surface area contributed by atoms with E-state index in [9.17, 15) is 9.90 Å². The number of phenols is 2. The second-order valence-corrected chi connectivity index (χ2v) is 4.07. The molecule has 7 nitrogen and oxygen atoms in total. The molecule has 0 spiro atoms. The third-order valence-corrected chi connectivity index (χ3v) is 2.42. The van der Waals surface area contributed by atoms with Crippen molar-refractivity contribution in [3.63, 3.8) is 0 Å². The zero-order valence-corrected chi connectivity index (χ0v) is 10.7. The van der Waals surface area contributed by atoms with Gasteiger partial charge in [0.2, 0.25) is 0 Å². The molecule has 0 atom stereocenters. The molecular formula is C13H13N3O4. The maximum Gasteiger partial charge on any atom is 0.331 e. The number of carbonyl (C=O) groups excluding carboxylic acids is 1. The summed E-state index contributed by atoms with van der Waals surface area (Å²) in [4.78, 5) is 11.5. The third kappa shape index (κ3) is 3.58. The Morgan fingerprint density at radius 3 is 2.85 bits per heavy atom. The number of aryl methyl sites for hydroxylation is 1. The van der Waals surface area contributed by atoms with Gasteiger partial charge in [-0.15, -0.1) is 5.10 Å². The van der Waals surface area contributed by atoms with Crippen LogP contribution in [0.4, 0.5) is 0 Å². The van der Waals surface area contributed by atoms with Crippen LogP contribution >= 0.6 is 0 Å². The molecule has 7 heteroatoms. The number of aromatic hydroxyl groups is 2. The highest BCUT2D eigenvalue weighted by molar-refractivity contribution is 5.87. The second kappa shape index (κ2) is 5.87. The first kappa shape index (κ1) is 13.6. The average Bonchev–Trinajstić information content (AvgIpc) is 2.83. The number of hydrogen-bond donors (Lipinski definition) is 2. The molecule has 0 saturated carbocycles. The summed E-state index contributed by atoms with van der Waals surface area (Å²) in [6.07, 6.45) is 4.34. The molecule has 0 aliphatic rings. The fraction of sp³-hybridized carbons (Fsp3) is 0.154. The first-order chi connectivity index (χ1) is 9.54. The van der Waals surface area contributed by atoms with Crippen LogP contribution in [0.2, 0.25) is 0 Å². The van der Waals surface area contributed by atoms with E-state index in [1.807, 2.05) is 0 Å². The van der Waals surface area contributed by atoms with Crippen LogP contribution in [0.25, 0.3) is 6.08 Å². The summed E-state index contributed by atoms with van der Waals surface area (Å²) in [5.74, 6) is -1.00. The number of aromatic nitrogens is 3. The lowest BCUT2D eigenvalue weighted by Gasteiger charge is -1.99. The summed E-state index contributed by atoms with van der Waals surface area (Å²) in [7, 11) is 1.72. The van der Waals surface area contributed by atoms with Gasteiger partial charge in [0, 0.05) is 13.1 Å². The highest BCUT2D eigenvalue weighted by Gasteiger charge is 2.03. The minimum absolute atomic E-state index is 0.0395. The van der Waals surface area contributed by atoms with Crippen molar-refractivity contribution in [1.82, 2.24) is 15.0 Å². The van der Waals surface area contributed by atoms with Crippen LogP contribution in [-0.4, -0.2) is 31.2 Å². The largest absolute Gasteiger partial charge is 0.504 e. The summed E-state index contributed by atoms with van der Waals surface area (Å²) in [6.45, 7) is 0.0395. The van der Waals surface area contributed by atoms with E-state index >= 15 is 0 Å². The predicted octanol–water partition coefficient (Wildman–Crippen LogP) is 0.983. The van der Waals surface area contributed by atoms with Crippen LogP contribution in [0, 0.1) is 0 Å². The quantitative estimate of drug-likeness (QED) is 0.490. The average molecular weight is 275 g/mol. The van der Waals surface area contributed by atoms with Crippen molar-refractivity contribution in [3.8, 4) is 11.5 Å². The molecule has 0 unspecified atom stereocenters. The Kier molecular flexibility index (Phi) is 3.99. The molecule has 0 bridgehead atoms. The molecule has 1 heterocycles. The van der Waals surface area contributed by atoms with E-state index in [1.54, 1.807) is 19.3 Å². The highest BCUT2D eigenvalue weighted by atomic mass is 16.5. The van der Waals surface area contributed by atoms with E-state index in [2.05, 4.69) is 10.3 Å². The monoisotopic (exact) mass is 275 g/mol. The van der Waals surface area contributed by atoms with Crippen molar-refractivity contribution in [3.05, 3.63) is 41.7 Å². The zero-order valence-electron chi connectivity index (χ0n) is 10.7. The first-order valence-electron chi connectivity index (χ1n) is 5.76. The normalized spacial score (nSPS) is 10.8. The van der Waals surface area contributed by atoms with Gasteiger partial charge < -0.3 is 14.9 Å². The Labute approximate surface area is 114 Å². The predicted molar refractivity (Wildman–Crippen MR) is 69.6 cm³/mol. The van der Waals surface area contributed by atoms with E-state index in [4.69, 9.17) is 9.84 Å². The molecule has 0 saturated heterocycles. The van der Waals surface area contributed by atoms with Crippen LogP contribution < -0.4 is 0 Å². The van der Waals surface area contributed by atoms with Crippen LogP contribution in [-0.2, 0) is 23.2 Å². The topological polar surface area (TPSA) is 97.5 Å². The number of rotatable bonds is 4. The van der Waals surface area contributed by atoms with Gasteiger partial charge >= 0.3 is 5.97 Å². The van der Waals surface area contributed by atoms with Gasteiger partial charge in [-0.3, -0.25) is 4.68 Å². The van der Waals surface area contributed by atoms with E-state index < -0.39 is 5.97 Å². The Morgan fingerprint density at radius 1 is 1.40 bits per heavy atom. The summed E-state index contributed by atoms with van der Waals surface area (Å²) < 4.78 is 6.48. The van der Waals surface area contributed by atoms with Gasteiger partial charge in [-0.25, -0.2) is 4.79 Å². The number of hydrogen-bond acceptors (Lipinski definition) is 6. The fourth-order valence-corrected chi connectivity index (χ4v) is 1.46. The van der Waals surface area contributed by atoms with Gasteiger partial charge in [0.05, 0.1) is 6.20 Å². The Balaban J connectivity index is 1.90. The molecule has 0 radical (unpaired) electrons. The van der Waals surface area contributed by atoms with Gasteiger partial charge in [-0.1, -0.05) is 11.3 Å². The molecule has 0 aliphatic heterocycles. The van der Waals surface area contributed by atoms with Crippen molar-refractivity contribution >= 4 is 12.0 Å². The van der Waals surface area contributed by atoms with Crippen LogP contribution in [0.15, 0.2) is 30.5 Å². The number of nitrogens with zero attached hydrogens (tertiary/aromatic N) is 3. The lowest BCUT2D eigenvalue weighted by molar-refractivity contribution is -0.139. The lowest BCUT2D eigenvalue weighted by atomic mass is 10.2. The summed E-state index contributed by atoms with van der Waals surface area (Å²) in [5, 5.41) is 25.9. The number of carbonyl (C=O) groups is 1. The second-order valence-electron chi connectivity index (χ2n) is 4.07. The molecule has 104 valence electrons. The molecule has 2 N–H and O–H groups in total. The Bertz CT molecular complexity index is 649. The van der Waals surface area contributed by atoms with E-state index in [0.717, 1.165) is 0 Å². The van der Waals surface area contributed by atoms with Crippen LogP contribution in [0.3, 0.4) is 0 Å². The minimum Gasteiger partial charge on any atom is -0.504 e. The molecule has 2 aromatic rings. The molecule has 1 aromatic heterocycles. The fourth-order valence-electron chi connectivity index (χ4n) is 1.46. The third-order valence-electron chi connectivity index (χ3n) is 2.42. The van der Waals surface area contributed by atoms with Crippen molar-refractivity contribution in [2.75, 3.05) is 0 Å². The maximum absolute atomic E-state index is 11.5. The highest BCUT2D eigenvalue weighted by Crippen LogP contribution is 2.25. The molecule has 1 aromatic carbocycles. The van der Waals surface area contributed by atoms with Gasteiger partial charge in [-0.05, 0) is 23.8 Å². The van der Waals surface area contributed by atoms with Crippen molar-refractivity contribution < 1.29 is 19.7 Å². The van der Waals surface area contributed by atoms with E-state index in [-0.39, 0.29) is 18.1 Å². The summed E-state index contributed by atoms with van der Waals surface area (Å²) in [6, 6.07) is 4.23. The number of benzene rings is 1. The molecule has 2 rings (SSSR count). The van der Waals surface area contributed by atoms with Gasteiger partial charge in [0.1, 0.15) is 12.3 Å². The van der Waals surface area contributed by atoms with Gasteiger partial charge in [0.15, 0.2) is 11.5 Å². The van der Waals surface area contributed by atoms with Crippen LogP contribution in [0.5, 0.6) is 11.5 Å². The summed E-state index contributed by atoms with van der Waals surface area (Å²) in [5.41, 5.74) is 1.12. The van der Waals surface area contributed by atoms with Crippen molar-refractivity contribution in [2.24, 2.45) is 7.05 Å². The SMILES string of the molecule is Cn1cc(COC(=O)/C=C/c2ccc(O)c(O)c2)nn1. The molecule has 0 amide bonds. The lowest BCUT2D eigenvalue weighted by Crippen LogP contribution is -2.00. The minimum atomic E-state index is -0.539. The molecule has 0 aliphatic carbocycles. The number of phenolic OH excluding ortho intramolecular Hbond substituents is 2. The number of ether oxygens (including phenoxy) is 1. The molecule has 20 heavy (non-hydrogen) atoms. The van der Waals surface area contributed by atoms with E-state index in [1.165, 1.54) is 29.0 Å². The smallest absolute Gasteiger partial charge is 0.331 e. The number of esters is 1.